The third-order valence-corrected chi connectivity index (χ3v) is 9.01. The molecular weight excluding hydrogens is 741 g/mol. The molecule has 0 saturated carbocycles. The summed E-state index contributed by atoms with van der Waals surface area (Å²) in [6.45, 7) is 7.09. The number of para-hydroxylation sites is 1. The lowest BCUT2D eigenvalue weighted by atomic mass is 10.0. The van der Waals surface area contributed by atoms with Crippen molar-refractivity contribution in [1.29, 1.82) is 0 Å². The number of carbonyl (C=O) groups excluding carboxylic acids is 2. The summed E-state index contributed by atoms with van der Waals surface area (Å²) in [6.07, 6.45) is 2.82. The number of ketones is 2. The lowest BCUT2D eigenvalue weighted by Crippen LogP contribution is -2.28. The van der Waals surface area contributed by atoms with E-state index in [0.29, 0.717) is 41.4 Å². The molecule has 0 saturated heterocycles. The Balaban J connectivity index is 0.000000177. The zero-order chi connectivity index (χ0) is 40.9. The van der Waals surface area contributed by atoms with Crippen molar-refractivity contribution in [2.75, 3.05) is 10.6 Å². The number of Topliss-reactive ketones (excluding diaryl/α,β-unsaturated/α-hetero) is 2. The maximum absolute atomic E-state index is 13.1. The van der Waals surface area contributed by atoms with E-state index in [1.54, 1.807) is 6.92 Å². The van der Waals surface area contributed by atoms with Gasteiger partial charge in [0.25, 0.3) is 11.1 Å². The lowest BCUT2D eigenvalue weighted by molar-refractivity contribution is 0.101. The Kier molecular flexibility index (Phi) is 10.9. The second kappa shape index (κ2) is 16.4. The molecule has 0 amide bonds. The lowest BCUT2D eigenvalue weighted by Gasteiger charge is -2.16. The predicted molar refractivity (Wildman–Crippen MR) is 219 cm³/mol. The number of H-pyrrole nitrogens is 1. The Morgan fingerprint density at radius 2 is 1.19 bits per heavy atom. The summed E-state index contributed by atoms with van der Waals surface area (Å²) in [5, 5.41) is 25.4. The summed E-state index contributed by atoms with van der Waals surface area (Å²) < 4.78 is 2.61. The van der Waals surface area contributed by atoms with Gasteiger partial charge >= 0.3 is 6.01 Å². The second-order valence-corrected chi connectivity index (χ2v) is 12.7. The van der Waals surface area contributed by atoms with Gasteiger partial charge in [0.2, 0.25) is 0 Å². The summed E-state index contributed by atoms with van der Waals surface area (Å²) in [5.41, 5.74) is 3.34. The number of imidazole rings is 1. The Labute approximate surface area is 329 Å². The Bertz CT molecular complexity index is 2940. The van der Waals surface area contributed by atoms with Crippen molar-refractivity contribution in [3.8, 4) is 28.5 Å². The number of aryl methyl sites for hydroxylation is 2. The first-order valence-electron chi connectivity index (χ1n) is 18.2. The predicted octanol–water partition coefficient (Wildman–Crippen LogP) is 6.07. The number of hydrogen-bond acceptors (Lipinski definition) is 14. The van der Waals surface area contributed by atoms with Gasteiger partial charge in [0.05, 0.1) is 23.0 Å². The second-order valence-electron chi connectivity index (χ2n) is 12.7. The van der Waals surface area contributed by atoms with Crippen LogP contribution in [0.3, 0.4) is 0 Å². The molecule has 5 heterocycles. The van der Waals surface area contributed by atoms with Crippen LogP contribution in [-0.2, 0) is 13.1 Å². The number of hydrogen-bond donors (Lipinski definition) is 4. The highest BCUT2D eigenvalue weighted by Crippen LogP contribution is 2.31. The number of fused-ring (bicyclic) bond motifs is 2. The molecule has 4 N–H and O–H groups in total. The number of aromatic amines is 1. The third kappa shape index (κ3) is 7.51. The van der Waals surface area contributed by atoms with E-state index >= 15 is 0 Å². The molecule has 17 heteroatoms. The van der Waals surface area contributed by atoms with Crippen LogP contribution in [0.1, 0.15) is 48.4 Å². The smallest absolute Gasteiger partial charge is 0.318 e. The van der Waals surface area contributed by atoms with E-state index in [4.69, 9.17) is 0 Å². The Hall–Kier alpha value is -7.95. The van der Waals surface area contributed by atoms with Crippen LogP contribution in [0.2, 0.25) is 0 Å². The summed E-state index contributed by atoms with van der Waals surface area (Å²) >= 11 is 0. The van der Waals surface area contributed by atoms with Gasteiger partial charge in [0.1, 0.15) is 40.4 Å². The summed E-state index contributed by atoms with van der Waals surface area (Å²) in [6, 6.07) is 25.4. The number of rotatable bonds is 10. The molecule has 0 unspecified atom stereocenters. The molecular formula is C41H36N12O5. The molecule has 58 heavy (non-hydrogen) atoms. The standard InChI is InChI=1S/C22H19N5O2.C19H17N7O3/c1-3-27-22(29)20(25-21-16-11-7-8-12-17(16)23-13-24-21)18(14(2)28)19(26-27)15-9-5-4-6-10-15;1-3-26-18(28)14(22-17-15-16(21-9-20-15)23-19(29)24-17)12(10(2)27)13(25-26)11-7-5-4-6-8-11/h4-13H,3H2,1-2H3,(H,23,24,25);4-9H,3H2,1-2H3,(H3,20,21,22,23,24,29). The first kappa shape index (κ1) is 38.3. The van der Waals surface area contributed by atoms with E-state index in [1.807, 2.05) is 91.9 Å². The first-order chi connectivity index (χ1) is 28.1. The summed E-state index contributed by atoms with van der Waals surface area (Å²) in [7, 11) is 0. The van der Waals surface area contributed by atoms with Crippen molar-refractivity contribution in [3.63, 3.8) is 0 Å². The van der Waals surface area contributed by atoms with E-state index in [1.165, 1.54) is 35.9 Å². The van der Waals surface area contributed by atoms with E-state index in [-0.39, 0.29) is 51.1 Å². The number of nitrogens with zero attached hydrogens (tertiary/aromatic N) is 9. The third-order valence-electron chi connectivity index (χ3n) is 9.01. The number of carbonyl (C=O) groups is 2. The van der Waals surface area contributed by atoms with Crippen molar-refractivity contribution in [2.24, 2.45) is 0 Å². The zero-order valence-corrected chi connectivity index (χ0v) is 31.8. The molecule has 0 aliphatic carbocycles. The van der Waals surface area contributed by atoms with Gasteiger partial charge in [-0.1, -0.05) is 72.8 Å². The minimum Gasteiger partial charge on any atom is -0.479 e. The average Bonchev–Trinajstić information content (AvgIpc) is 3.71. The number of anilines is 4. The van der Waals surface area contributed by atoms with Crippen LogP contribution in [0.15, 0.2) is 107 Å². The van der Waals surface area contributed by atoms with Crippen molar-refractivity contribution in [3.05, 3.63) is 129 Å². The molecule has 17 nitrogen and oxygen atoms in total. The van der Waals surface area contributed by atoms with E-state index in [9.17, 15) is 24.3 Å². The molecule has 290 valence electrons. The van der Waals surface area contributed by atoms with Crippen LogP contribution >= 0.6 is 0 Å². The highest BCUT2D eigenvalue weighted by Gasteiger charge is 2.25. The number of benzene rings is 3. The molecule has 0 bridgehead atoms. The van der Waals surface area contributed by atoms with Crippen LogP contribution in [-0.4, -0.2) is 66.1 Å². The van der Waals surface area contributed by atoms with Gasteiger partial charge in [-0.15, -0.1) is 0 Å². The van der Waals surface area contributed by atoms with Gasteiger partial charge in [-0.3, -0.25) is 19.2 Å². The SMILES string of the molecule is CCn1nc(-c2ccccc2)c(C(C)=O)c(Nc2nc(O)nc3nc[nH]c23)c1=O.CCn1nc(-c2ccccc2)c(C(C)=O)c(Nc2ncnc3ccccc23)c1=O. The first-order valence-corrected chi connectivity index (χ1v) is 18.2. The van der Waals surface area contributed by atoms with Crippen molar-refractivity contribution >= 4 is 56.6 Å². The van der Waals surface area contributed by atoms with Crippen LogP contribution in [0.25, 0.3) is 44.6 Å². The van der Waals surface area contributed by atoms with Gasteiger partial charge in [-0.2, -0.15) is 20.2 Å². The minimum atomic E-state index is -0.510. The zero-order valence-electron chi connectivity index (χ0n) is 31.8. The van der Waals surface area contributed by atoms with E-state index < -0.39 is 11.6 Å². The largest absolute Gasteiger partial charge is 0.479 e. The highest BCUT2D eigenvalue weighted by molar-refractivity contribution is 6.07. The normalized spacial score (nSPS) is 10.9. The average molecular weight is 777 g/mol. The van der Waals surface area contributed by atoms with Crippen LogP contribution < -0.4 is 21.8 Å². The molecule has 8 aromatic rings. The van der Waals surface area contributed by atoms with E-state index in [0.717, 1.165) is 16.5 Å². The van der Waals surface area contributed by atoms with Crippen LogP contribution in [0.4, 0.5) is 23.0 Å². The topological polar surface area (TPSA) is 228 Å². The van der Waals surface area contributed by atoms with Gasteiger partial charge in [0.15, 0.2) is 23.0 Å². The maximum Gasteiger partial charge on any atom is 0.318 e. The Morgan fingerprint density at radius 1 is 0.672 bits per heavy atom. The van der Waals surface area contributed by atoms with E-state index in [2.05, 4.69) is 50.7 Å². The molecule has 0 radical (unpaired) electrons. The fraction of sp³-hybridized carbons (Fsp3) is 0.146. The molecule has 0 fully saturated rings. The quantitative estimate of drug-likeness (QED) is 0.116. The molecule has 0 spiro atoms. The molecule has 0 aliphatic heterocycles. The minimum absolute atomic E-state index is 0.0159. The number of aromatic hydroxyl groups is 1. The van der Waals surface area contributed by atoms with Crippen molar-refractivity contribution in [2.45, 2.75) is 40.8 Å². The summed E-state index contributed by atoms with van der Waals surface area (Å²) in [4.78, 5) is 74.4. The molecule has 8 rings (SSSR count). The molecule has 5 aromatic heterocycles. The fourth-order valence-electron chi connectivity index (χ4n) is 6.34. The summed E-state index contributed by atoms with van der Waals surface area (Å²) in [5.74, 6) is -0.00330. The monoisotopic (exact) mass is 776 g/mol. The molecule has 0 aliphatic rings. The van der Waals surface area contributed by atoms with Crippen molar-refractivity contribution in [1.82, 2.24) is 49.5 Å². The Morgan fingerprint density at radius 3 is 1.72 bits per heavy atom. The maximum atomic E-state index is 13.1. The van der Waals surface area contributed by atoms with Gasteiger partial charge in [-0.25, -0.2) is 24.3 Å². The van der Waals surface area contributed by atoms with Gasteiger partial charge in [0, 0.05) is 29.6 Å². The van der Waals surface area contributed by atoms with Crippen LogP contribution in [0.5, 0.6) is 6.01 Å². The fourth-order valence-corrected chi connectivity index (χ4v) is 6.34. The number of aromatic nitrogens is 10. The molecule has 3 aromatic carbocycles. The van der Waals surface area contributed by atoms with Crippen LogP contribution in [0, 0.1) is 0 Å². The highest BCUT2D eigenvalue weighted by atomic mass is 16.3. The van der Waals surface area contributed by atoms with Crippen molar-refractivity contribution < 1.29 is 14.7 Å². The van der Waals surface area contributed by atoms with Gasteiger partial charge in [-0.05, 0) is 39.8 Å². The molecule has 0 atom stereocenters. The van der Waals surface area contributed by atoms with Gasteiger partial charge < -0.3 is 20.7 Å². The number of nitrogens with one attached hydrogen (secondary N) is 3.